The van der Waals surface area contributed by atoms with Gasteiger partial charge in [0.2, 0.25) is 10.0 Å². The monoisotopic (exact) mass is 424 g/mol. The Hall–Kier alpha value is -1.48. The van der Waals surface area contributed by atoms with E-state index in [0.717, 1.165) is 25.9 Å². The van der Waals surface area contributed by atoms with Crippen molar-refractivity contribution in [1.29, 1.82) is 0 Å². The van der Waals surface area contributed by atoms with E-state index in [1.807, 2.05) is 13.8 Å². The standard InChI is InChI=1S/C21H33N3O4S/c1-4-11-23-12-9-19(10-13-23)22-21(25)18-5-7-20(8-6-18)29(26,27)24-14-16(2)28-17(3)15-24/h5-8,16-17,19H,4,9-15H2,1-3H3,(H,22,25)/p+1/t16-,17-/m1/s1. The zero-order valence-corrected chi connectivity index (χ0v) is 18.5. The zero-order valence-electron chi connectivity index (χ0n) is 17.7. The number of ether oxygens (including phenoxy) is 1. The molecule has 0 radical (unpaired) electrons. The Labute approximate surface area is 174 Å². The summed E-state index contributed by atoms with van der Waals surface area (Å²) in [6, 6.07) is 6.47. The molecule has 0 saturated carbocycles. The molecule has 8 heteroatoms. The van der Waals surface area contributed by atoms with Gasteiger partial charge in [-0.3, -0.25) is 4.79 Å². The van der Waals surface area contributed by atoms with Gasteiger partial charge in [0.05, 0.1) is 36.7 Å². The molecule has 2 N–H and O–H groups in total. The predicted molar refractivity (Wildman–Crippen MR) is 112 cm³/mol. The van der Waals surface area contributed by atoms with Crippen molar-refractivity contribution >= 4 is 15.9 Å². The van der Waals surface area contributed by atoms with Gasteiger partial charge >= 0.3 is 0 Å². The van der Waals surface area contributed by atoms with E-state index < -0.39 is 10.0 Å². The topological polar surface area (TPSA) is 80.2 Å². The Bertz CT molecular complexity index is 779. The molecular weight excluding hydrogens is 390 g/mol. The average Bonchev–Trinajstić information content (AvgIpc) is 2.69. The van der Waals surface area contributed by atoms with E-state index in [0.29, 0.717) is 18.7 Å². The fourth-order valence-corrected chi connectivity index (χ4v) is 5.89. The van der Waals surface area contributed by atoms with Crippen LogP contribution in [0.1, 0.15) is 50.4 Å². The Morgan fingerprint density at radius 2 is 1.72 bits per heavy atom. The van der Waals surface area contributed by atoms with Crippen LogP contribution >= 0.6 is 0 Å². The Balaban J connectivity index is 1.60. The van der Waals surface area contributed by atoms with Crippen LogP contribution in [0.25, 0.3) is 0 Å². The molecule has 2 aliphatic rings. The maximum atomic E-state index is 12.9. The highest BCUT2D eigenvalue weighted by molar-refractivity contribution is 7.89. The van der Waals surface area contributed by atoms with E-state index in [-0.39, 0.29) is 29.1 Å². The minimum absolute atomic E-state index is 0.133. The van der Waals surface area contributed by atoms with Gasteiger partial charge in [-0.2, -0.15) is 4.31 Å². The summed E-state index contributed by atoms with van der Waals surface area (Å²) in [5.41, 5.74) is 0.496. The summed E-state index contributed by atoms with van der Waals surface area (Å²) in [5, 5.41) is 3.10. The number of sulfonamides is 1. The van der Waals surface area contributed by atoms with Gasteiger partial charge in [0, 0.05) is 37.5 Å². The van der Waals surface area contributed by atoms with Crippen molar-refractivity contribution in [3.63, 3.8) is 0 Å². The molecule has 162 valence electrons. The van der Waals surface area contributed by atoms with Crippen LogP contribution in [0.15, 0.2) is 29.2 Å². The molecule has 2 atom stereocenters. The molecule has 2 heterocycles. The number of piperidine rings is 1. The van der Waals surface area contributed by atoms with E-state index in [1.165, 1.54) is 29.4 Å². The number of hydrogen-bond acceptors (Lipinski definition) is 4. The minimum atomic E-state index is -3.59. The lowest BCUT2D eigenvalue weighted by Crippen LogP contribution is -3.13. The van der Waals surface area contributed by atoms with Gasteiger partial charge in [0.15, 0.2) is 0 Å². The van der Waals surface area contributed by atoms with Crippen LogP contribution in [0.5, 0.6) is 0 Å². The van der Waals surface area contributed by atoms with Gasteiger partial charge in [-0.15, -0.1) is 0 Å². The number of carbonyl (C=O) groups excluding carboxylic acids is 1. The third-order valence-corrected chi connectivity index (χ3v) is 7.62. The molecular formula is C21H34N3O4S+. The quantitative estimate of drug-likeness (QED) is 0.704. The van der Waals surface area contributed by atoms with Crippen LogP contribution in [0.2, 0.25) is 0 Å². The molecule has 0 unspecified atom stereocenters. The first-order valence-corrected chi connectivity index (χ1v) is 12.1. The third kappa shape index (κ3) is 5.57. The van der Waals surface area contributed by atoms with Crippen molar-refractivity contribution in [2.75, 3.05) is 32.7 Å². The number of nitrogens with zero attached hydrogens (tertiary/aromatic N) is 1. The molecule has 0 aliphatic carbocycles. The van der Waals surface area contributed by atoms with Crippen LogP contribution in [0.4, 0.5) is 0 Å². The highest BCUT2D eigenvalue weighted by Gasteiger charge is 2.32. The normalized spacial score (nSPS) is 28.8. The van der Waals surface area contributed by atoms with Gasteiger partial charge in [-0.1, -0.05) is 6.92 Å². The molecule has 2 fully saturated rings. The van der Waals surface area contributed by atoms with Crippen molar-refractivity contribution < 1.29 is 22.8 Å². The van der Waals surface area contributed by atoms with Crippen molar-refractivity contribution in [3.05, 3.63) is 29.8 Å². The van der Waals surface area contributed by atoms with E-state index in [4.69, 9.17) is 4.74 Å². The van der Waals surface area contributed by atoms with E-state index in [9.17, 15) is 13.2 Å². The summed E-state index contributed by atoms with van der Waals surface area (Å²) >= 11 is 0. The first kappa shape index (κ1) is 22.2. The highest BCUT2D eigenvalue weighted by Crippen LogP contribution is 2.21. The summed E-state index contributed by atoms with van der Waals surface area (Å²) in [4.78, 5) is 14.4. The molecule has 2 saturated heterocycles. The average molecular weight is 425 g/mol. The lowest BCUT2D eigenvalue weighted by molar-refractivity contribution is -0.905. The number of likely N-dealkylation sites (tertiary alicyclic amines) is 1. The zero-order chi connectivity index (χ0) is 21.0. The fourth-order valence-electron chi connectivity index (χ4n) is 4.30. The molecule has 1 aromatic rings. The van der Waals surface area contributed by atoms with Crippen LogP contribution in [0, 0.1) is 0 Å². The SMILES string of the molecule is CCC[NH+]1CCC(NC(=O)c2ccc(S(=O)(=O)N3C[C@@H](C)O[C@H](C)C3)cc2)CC1. The maximum Gasteiger partial charge on any atom is 0.251 e. The second-order valence-corrected chi connectivity index (χ2v) is 10.3. The van der Waals surface area contributed by atoms with Crippen molar-refractivity contribution in [3.8, 4) is 0 Å². The second kappa shape index (κ2) is 9.55. The van der Waals surface area contributed by atoms with Crippen molar-refractivity contribution in [1.82, 2.24) is 9.62 Å². The summed E-state index contributed by atoms with van der Waals surface area (Å²) in [6.07, 6.45) is 2.89. The Morgan fingerprint density at radius 3 is 2.28 bits per heavy atom. The lowest BCUT2D eigenvalue weighted by atomic mass is 10.0. The highest BCUT2D eigenvalue weighted by atomic mass is 32.2. The predicted octanol–water partition coefficient (Wildman–Crippen LogP) is 0.672. The first-order chi connectivity index (χ1) is 13.8. The molecule has 2 aliphatic heterocycles. The minimum Gasteiger partial charge on any atom is -0.373 e. The fraction of sp³-hybridized carbons (Fsp3) is 0.667. The molecule has 0 spiro atoms. The van der Waals surface area contributed by atoms with Gasteiger partial charge in [-0.05, 0) is 44.5 Å². The lowest BCUT2D eigenvalue weighted by Gasteiger charge is -2.34. The van der Waals surface area contributed by atoms with E-state index in [2.05, 4.69) is 12.2 Å². The summed E-state index contributed by atoms with van der Waals surface area (Å²) in [7, 11) is -3.59. The Morgan fingerprint density at radius 1 is 1.14 bits per heavy atom. The number of benzene rings is 1. The van der Waals surface area contributed by atoms with Crippen LogP contribution < -0.4 is 10.2 Å². The van der Waals surface area contributed by atoms with Gasteiger partial charge < -0.3 is 15.0 Å². The summed E-state index contributed by atoms with van der Waals surface area (Å²) in [5.74, 6) is -0.133. The summed E-state index contributed by atoms with van der Waals surface area (Å²) in [6.45, 7) is 10.0. The van der Waals surface area contributed by atoms with Gasteiger partial charge in [-0.25, -0.2) is 8.42 Å². The number of carbonyl (C=O) groups is 1. The van der Waals surface area contributed by atoms with Gasteiger partial charge in [0.25, 0.3) is 5.91 Å². The van der Waals surface area contributed by atoms with Gasteiger partial charge in [0.1, 0.15) is 0 Å². The maximum absolute atomic E-state index is 12.9. The largest absolute Gasteiger partial charge is 0.373 e. The molecule has 0 bridgehead atoms. The van der Waals surface area contributed by atoms with Crippen molar-refractivity contribution in [2.24, 2.45) is 0 Å². The second-order valence-electron chi connectivity index (χ2n) is 8.35. The third-order valence-electron chi connectivity index (χ3n) is 5.77. The number of amides is 1. The number of morpholine rings is 1. The molecule has 1 aromatic carbocycles. The number of quaternary nitrogens is 1. The molecule has 3 rings (SSSR count). The number of nitrogens with one attached hydrogen (secondary N) is 2. The van der Waals surface area contributed by atoms with E-state index >= 15 is 0 Å². The van der Waals surface area contributed by atoms with Crippen LogP contribution in [-0.4, -0.2) is 69.6 Å². The molecule has 0 aromatic heterocycles. The Kier molecular flexibility index (Phi) is 7.32. The number of rotatable bonds is 6. The smallest absolute Gasteiger partial charge is 0.251 e. The number of hydrogen-bond donors (Lipinski definition) is 2. The first-order valence-electron chi connectivity index (χ1n) is 10.7. The molecule has 7 nitrogen and oxygen atoms in total. The van der Waals surface area contributed by atoms with Crippen molar-refractivity contribution in [2.45, 2.75) is 63.2 Å². The molecule has 29 heavy (non-hydrogen) atoms. The summed E-state index contributed by atoms with van der Waals surface area (Å²) < 4.78 is 33.0. The molecule has 1 amide bonds. The van der Waals surface area contributed by atoms with Crippen LogP contribution in [0.3, 0.4) is 0 Å². The van der Waals surface area contributed by atoms with Crippen LogP contribution in [-0.2, 0) is 14.8 Å². The van der Waals surface area contributed by atoms with E-state index in [1.54, 1.807) is 17.0 Å².